The Balaban J connectivity index is 1.11. The summed E-state index contributed by atoms with van der Waals surface area (Å²) in [5.74, 6) is 0.801. The first-order valence-electron chi connectivity index (χ1n) is 12.0. The van der Waals surface area contributed by atoms with E-state index in [1.807, 2.05) is 24.3 Å². The molecule has 1 aliphatic heterocycles. The molecule has 36 heavy (non-hydrogen) atoms. The fraction of sp³-hybridized carbons (Fsp3) is 0.296. The Labute approximate surface area is 211 Å². The lowest BCUT2D eigenvalue weighted by Crippen LogP contribution is -2.33. The van der Waals surface area contributed by atoms with Gasteiger partial charge in [0.25, 0.3) is 5.56 Å². The quantitative estimate of drug-likeness (QED) is 0.366. The smallest absolute Gasteiger partial charge is 0.250 e. The molecule has 0 atom stereocenters. The lowest BCUT2D eigenvalue weighted by Gasteiger charge is -2.23. The van der Waals surface area contributed by atoms with Gasteiger partial charge in [0.2, 0.25) is 10.0 Å². The maximum Gasteiger partial charge on any atom is 0.250 e. The summed E-state index contributed by atoms with van der Waals surface area (Å²) in [6.45, 7) is 3.89. The molecule has 0 unspecified atom stereocenters. The Hall–Kier alpha value is -3.40. The zero-order valence-corrected chi connectivity index (χ0v) is 21.2. The highest BCUT2D eigenvalue weighted by atomic mass is 32.2. The minimum atomic E-state index is -3.46. The zero-order chi connectivity index (χ0) is 25.4. The van der Waals surface area contributed by atoms with Crippen LogP contribution in [0, 0.1) is 0 Å². The van der Waals surface area contributed by atoms with Crippen LogP contribution >= 0.6 is 0 Å². The maximum atomic E-state index is 12.2. The molecule has 1 aliphatic rings. The first kappa shape index (κ1) is 25.7. The predicted molar refractivity (Wildman–Crippen MR) is 143 cm³/mol. The van der Waals surface area contributed by atoms with E-state index in [0.717, 1.165) is 36.2 Å². The number of benzene rings is 2. The molecule has 0 fully saturated rings. The van der Waals surface area contributed by atoms with Crippen LogP contribution in [0.4, 0.5) is 0 Å². The number of nitrogens with zero attached hydrogens (tertiary/aromatic N) is 2. The number of sulfonamides is 1. The molecule has 4 rings (SSSR count). The molecule has 0 amide bonds. The molecule has 0 saturated carbocycles. The molecule has 0 aliphatic carbocycles. The molecule has 2 N–H and O–H groups in total. The molecule has 8 nitrogen and oxygen atoms in total. The second kappa shape index (κ2) is 12.0. The average Bonchev–Trinajstić information content (AvgIpc) is 2.90. The topological polar surface area (TPSA) is 92.7 Å². The van der Waals surface area contributed by atoms with Crippen LogP contribution < -0.4 is 20.3 Å². The van der Waals surface area contributed by atoms with Crippen LogP contribution in [-0.2, 0) is 17.1 Å². The van der Waals surface area contributed by atoms with E-state index in [-0.39, 0.29) is 10.5 Å². The van der Waals surface area contributed by atoms with Gasteiger partial charge in [0, 0.05) is 51.2 Å². The number of ether oxygens (including phenoxy) is 1. The van der Waals surface area contributed by atoms with Gasteiger partial charge >= 0.3 is 0 Å². The van der Waals surface area contributed by atoms with Crippen molar-refractivity contribution in [3.05, 3.63) is 94.9 Å². The summed E-state index contributed by atoms with van der Waals surface area (Å²) in [6, 6.07) is 17.5. The molecule has 1 aromatic heterocycles. The van der Waals surface area contributed by atoms with E-state index < -0.39 is 10.0 Å². The van der Waals surface area contributed by atoms with Gasteiger partial charge in [-0.25, -0.2) is 13.1 Å². The third-order valence-electron chi connectivity index (χ3n) is 6.02. The molecule has 3 aromatic rings. The van der Waals surface area contributed by atoms with E-state index in [4.69, 9.17) is 4.74 Å². The molecule has 2 heterocycles. The lowest BCUT2D eigenvalue weighted by atomic mass is 10.2. The van der Waals surface area contributed by atoms with Crippen LogP contribution in [0.2, 0.25) is 0 Å². The number of pyridine rings is 1. The lowest BCUT2D eigenvalue weighted by molar-refractivity contribution is 0.283. The van der Waals surface area contributed by atoms with E-state index >= 15 is 0 Å². The van der Waals surface area contributed by atoms with Crippen LogP contribution in [-0.4, -0.2) is 57.2 Å². The number of aromatic nitrogens is 1. The zero-order valence-electron chi connectivity index (χ0n) is 20.4. The number of fused-ring (bicyclic) bond motifs is 1. The van der Waals surface area contributed by atoms with Crippen LogP contribution in [0.3, 0.4) is 0 Å². The number of hydrogen-bond donors (Lipinski definition) is 2. The SMILES string of the molecule is Cn1c(=O)ccc2cc(OCCCN3C=CC(CNCCNS(=O)(=O)c4ccccc4)=CC3)ccc21. The first-order chi connectivity index (χ1) is 17.4. The summed E-state index contributed by atoms with van der Waals surface area (Å²) >= 11 is 0. The van der Waals surface area contributed by atoms with E-state index in [0.29, 0.717) is 26.2 Å². The monoisotopic (exact) mass is 508 g/mol. The second-order valence-corrected chi connectivity index (χ2v) is 10.4. The Morgan fingerprint density at radius 3 is 2.64 bits per heavy atom. The molecule has 0 bridgehead atoms. The molecule has 0 spiro atoms. The third kappa shape index (κ3) is 6.84. The first-order valence-corrected chi connectivity index (χ1v) is 13.5. The van der Waals surface area contributed by atoms with E-state index in [9.17, 15) is 13.2 Å². The Morgan fingerprint density at radius 2 is 1.86 bits per heavy atom. The number of nitrogens with one attached hydrogen (secondary N) is 2. The van der Waals surface area contributed by atoms with Crippen molar-refractivity contribution in [2.24, 2.45) is 7.05 Å². The largest absolute Gasteiger partial charge is 0.494 e. The van der Waals surface area contributed by atoms with E-state index in [2.05, 4.69) is 33.3 Å². The molecular formula is C27H32N4O4S. The van der Waals surface area contributed by atoms with Gasteiger partial charge in [-0.3, -0.25) is 4.79 Å². The number of hydrogen-bond acceptors (Lipinski definition) is 6. The van der Waals surface area contributed by atoms with Crippen molar-refractivity contribution >= 4 is 20.9 Å². The summed E-state index contributed by atoms with van der Waals surface area (Å²) in [7, 11) is -1.69. The van der Waals surface area contributed by atoms with E-state index in [1.165, 1.54) is 5.57 Å². The Morgan fingerprint density at radius 1 is 1.03 bits per heavy atom. The molecular weight excluding hydrogens is 476 g/mol. The van der Waals surface area contributed by atoms with E-state index in [1.54, 1.807) is 48.0 Å². The molecule has 190 valence electrons. The highest BCUT2D eigenvalue weighted by Crippen LogP contribution is 2.19. The molecule has 2 aromatic carbocycles. The van der Waals surface area contributed by atoms with Crippen molar-refractivity contribution < 1.29 is 13.2 Å². The van der Waals surface area contributed by atoms with Crippen LogP contribution in [0.5, 0.6) is 5.75 Å². The van der Waals surface area contributed by atoms with Crippen molar-refractivity contribution in [1.29, 1.82) is 0 Å². The highest BCUT2D eigenvalue weighted by molar-refractivity contribution is 7.89. The van der Waals surface area contributed by atoms with Gasteiger partial charge in [0.15, 0.2) is 0 Å². The molecule has 0 radical (unpaired) electrons. The minimum Gasteiger partial charge on any atom is -0.494 e. The van der Waals surface area contributed by atoms with Crippen molar-refractivity contribution in [2.75, 3.05) is 39.3 Å². The fourth-order valence-electron chi connectivity index (χ4n) is 3.96. The summed E-state index contributed by atoms with van der Waals surface area (Å²) in [5.41, 5.74) is 2.04. The Bertz CT molecular complexity index is 1400. The summed E-state index contributed by atoms with van der Waals surface area (Å²) in [6.07, 6.45) is 7.24. The van der Waals surface area contributed by atoms with Crippen molar-refractivity contribution in [3.8, 4) is 5.75 Å². The van der Waals surface area contributed by atoms with Crippen LogP contribution in [0.15, 0.2) is 94.3 Å². The standard InChI is InChI=1S/C27H32N4O4S/c1-30-26-10-9-24(20-23(26)8-11-27(30)32)35-19-5-16-31-17-12-22(13-18-31)21-28-14-15-29-36(33,34)25-6-3-2-4-7-25/h2-4,6-13,17,20,28-29H,5,14-16,18-19,21H2,1H3. The molecule has 9 heteroatoms. The van der Waals surface area contributed by atoms with Gasteiger partial charge in [-0.1, -0.05) is 24.3 Å². The average molecular weight is 509 g/mol. The van der Waals surface area contributed by atoms with Crippen molar-refractivity contribution in [1.82, 2.24) is 19.5 Å². The van der Waals surface area contributed by atoms with Crippen molar-refractivity contribution in [2.45, 2.75) is 11.3 Å². The highest BCUT2D eigenvalue weighted by Gasteiger charge is 2.12. The second-order valence-electron chi connectivity index (χ2n) is 8.63. The summed E-state index contributed by atoms with van der Waals surface area (Å²) < 4.78 is 34.6. The number of rotatable bonds is 12. The van der Waals surface area contributed by atoms with Gasteiger partial charge in [0.05, 0.1) is 17.0 Å². The normalized spacial score (nSPS) is 13.7. The van der Waals surface area contributed by atoms with Crippen LogP contribution in [0.1, 0.15) is 6.42 Å². The van der Waals surface area contributed by atoms with Gasteiger partial charge < -0.3 is 19.5 Å². The maximum absolute atomic E-state index is 12.2. The summed E-state index contributed by atoms with van der Waals surface area (Å²) in [5, 5.41) is 4.26. The predicted octanol–water partition coefficient (Wildman–Crippen LogP) is 2.63. The van der Waals surface area contributed by atoms with Crippen LogP contribution in [0.25, 0.3) is 10.9 Å². The van der Waals surface area contributed by atoms with Gasteiger partial charge in [-0.15, -0.1) is 0 Å². The van der Waals surface area contributed by atoms with Gasteiger partial charge in [-0.2, -0.15) is 0 Å². The van der Waals surface area contributed by atoms with Crippen molar-refractivity contribution in [3.63, 3.8) is 0 Å². The Kier molecular flexibility index (Phi) is 8.58. The van der Waals surface area contributed by atoms with Gasteiger partial charge in [-0.05, 0) is 60.7 Å². The fourth-order valence-corrected chi connectivity index (χ4v) is 5.01. The third-order valence-corrected chi connectivity index (χ3v) is 7.50. The summed E-state index contributed by atoms with van der Waals surface area (Å²) in [4.78, 5) is 14.3. The minimum absolute atomic E-state index is 0.0231. The number of aryl methyl sites for hydroxylation is 1. The van der Waals surface area contributed by atoms with Gasteiger partial charge in [0.1, 0.15) is 5.75 Å². The molecule has 0 saturated heterocycles.